The van der Waals surface area contributed by atoms with Crippen molar-refractivity contribution in [2.75, 3.05) is 13.2 Å². The first-order valence-electron chi connectivity index (χ1n) is 8.20. The van der Waals surface area contributed by atoms with Crippen molar-refractivity contribution >= 4 is 34.3 Å². The number of carbonyl (C=O) groups is 2. The van der Waals surface area contributed by atoms with Gasteiger partial charge in [0, 0.05) is 27.7 Å². The molecule has 0 unspecified atom stereocenters. The molecule has 2 aromatic rings. The van der Waals surface area contributed by atoms with Gasteiger partial charge in [0.1, 0.15) is 12.4 Å². The topological polar surface area (TPSA) is 95.9 Å². The first kappa shape index (κ1) is 19.9. The molecule has 2 aromatic carbocycles. The number of Topliss-reactive ketones (excluding diaryl/α,β-unsaturated/α-hetero) is 1. The number of aliphatic hydroxyl groups is 2. The van der Waals surface area contributed by atoms with Gasteiger partial charge in [0.15, 0.2) is 12.1 Å². The van der Waals surface area contributed by atoms with Gasteiger partial charge in [0.05, 0.1) is 6.61 Å². The van der Waals surface area contributed by atoms with Gasteiger partial charge in [-0.1, -0.05) is 6.07 Å². The Hall–Kier alpha value is -1.88. The second-order valence-corrected chi connectivity index (χ2v) is 7.43. The number of ether oxygens (including phenoxy) is 1. The van der Waals surface area contributed by atoms with Crippen molar-refractivity contribution in [3.05, 3.63) is 67.5 Å². The van der Waals surface area contributed by atoms with E-state index in [9.17, 15) is 14.0 Å². The Bertz CT molecular complexity index is 900. The van der Waals surface area contributed by atoms with Crippen LogP contribution >= 0.6 is 22.6 Å². The van der Waals surface area contributed by atoms with Crippen LogP contribution in [-0.4, -0.2) is 41.4 Å². The van der Waals surface area contributed by atoms with Crippen molar-refractivity contribution in [1.29, 1.82) is 0 Å². The number of benzene rings is 2. The van der Waals surface area contributed by atoms with Crippen LogP contribution in [-0.2, 0) is 17.7 Å². The second kappa shape index (κ2) is 8.42. The maximum absolute atomic E-state index is 14.3. The third-order valence-electron chi connectivity index (χ3n) is 4.21. The molecule has 27 heavy (non-hydrogen) atoms. The molecule has 3 N–H and O–H groups in total. The molecule has 142 valence electrons. The average molecular weight is 485 g/mol. The van der Waals surface area contributed by atoms with Crippen molar-refractivity contribution in [3.8, 4) is 0 Å². The van der Waals surface area contributed by atoms with Crippen molar-refractivity contribution in [1.82, 2.24) is 5.32 Å². The van der Waals surface area contributed by atoms with E-state index < -0.39 is 12.9 Å². The molecule has 1 heterocycles. The van der Waals surface area contributed by atoms with E-state index in [0.717, 1.165) is 3.57 Å². The molecular weight excluding hydrogens is 468 g/mol. The summed E-state index contributed by atoms with van der Waals surface area (Å²) >= 11 is 2.01. The summed E-state index contributed by atoms with van der Waals surface area (Å²) in [6, 6.07) is 8.06. The zero-order valence-corrected chi connectivity index (χ0v) is 16.3. The number of carbonyl (C=O) groups excluding carboxylic acids is 2. The number of nitrogens with one attached hydrogen (secondary N) is 1. The quantitative estimate of drug-likeness (QED) is 0.316. The maximum atomic E-state index is 14.3. The highest BCUT2D eigenvalue weighted by molar-refractivity contribution is 14.1. The third kappa shape index (κ3) is 4.70. The van der Waals surface area contributed by atoms with Crippen molar-refractivity contribution in [3.63, 3.8) is 0 Å². The van der Waals surface area contributed by atoms with Gasteiger partial charge in [-0.05, 0) is 63.5 Å². The average Bonchev–Trinajstić information content (AvgIpc) is 2.96. The van der Waals surface area contributed by atoms with Gasteiger partial charge in [0.25, 0.3) is 5.91 Å². The minimum atomic E-state index is -1.67. The molecule has 0 aliphatic carbocycles. The first-order valence-corrected chi connectivity index (χ1v) is 9.28. The normalized spacial score (nSPS) is 13.0. The zero-order chi connectivity index (χ0) is 19.6. The number of ketones is 1. The van der Waals surface area contributed by atoms with Crippen molar-refractivity contribution < 1.29 is 28.9 Å². The summed E-state index contributed by atoms with van der Waals surface area (Å²) in [4.78, 5) is 24.5. The standard InChI is InChI=1S/C19H17FINO5/c20-16-6-13(21)2-1-10(16)3-11-4-15-12(7-22-19(15)26)5-14(11)17(23)8-27-9-18(24)25/h1-2,4-6,18,24-25H,3,7-9H2,(H,22,26). The summed E-state index contributed by atoms with van der Waals surface area (Å²) in [6.45, 7) is -0.416. The number of aliphatic hydroxyl groups excluding tert-OH is 1. The van der Waals surface area contributed by atoms with Crippen LogP contribution in [0.15, 0.2) is 30.3 Å². The van der Waals surface area contributed by atoms with E-state index in [1.54, 1.807) is 24.3 Å². The first-order chi connectivity index (χ1) is 12.8. The molecule has 0 saturated heterocycles. The lowest BCUT2D eigenvalue weighted by atomic mass is 9.93. The summed E-state index contributed by atoms with van der Waals surface area (Å²) in [5.74, 6) is -0.989. The Kier molecular flexibility index (Phi) is 6.20. The van der Waals surface area contributed by atoms with Gasteiger partial charge < -0.3 is 20.3 Å². The van der Waals surface area contributed by atoms with E-state index in [2.05, 4.69) is 5.32 Å². The number of rotatable bonds is 7. The predicted octanol–water partition coefficient (Wildman–Crippen LogP) is 1.77. The number of hydrogen-bond acceptors (Lipinski definition) is 5. The van der Waals surface area contributed by atoms with Gasteiger partial charge in [-0.25, -0.2) is 4.39 Å². The van der Waals surface area contributed by atoms with Crippen LogP contribution in [0.5, 0.6) is 0 Å². The molecule has 0 aromatic heterocycles. The molecule has 3 rings (SSSR count). The maximum Gasteiger partial charge on any atom is 0.251 e. The highest BCUT2D eigenvalue weighted by atomic mass is 127. The minimum absolute atomic E-state index is 0.146. The fourth-order valence-corrected chi connectivity index (χ4v) is 3.38. The number of amides is 1. The fourth-order valence-electron chi connectivity index (χ4n) is 2.93. The lowest BCUT2D eigenvalue weighted by molar-refractivity contribution is -0.0908. The SMILES string of the molecule is O=C(COCC(O)O)c1cc2c(cc1Cc1ccc(I)cc1F)C(=O)NC2. The predicted molar refractivity (Wildman–Crippen MR) is 103 cm³/mol. The molecule has 0 spiro atoms. The van der Waals surface area contributed by atoms with Crippen LogP contribution in [0, 0.1) is 9.39 Å². The molecule has 0 bridgehead atoms. The van der Waals surface area contributed by atoms with Gasteiger partial charge in [0.2, 0.25) is 0 Å². The Morgan fingerprint density at radius 1 is 1.26 bits per heavy atom. The number of fused-ring (bicyclic) bond motifs is 1. The lowest BCUT2D eigenvalue weighted by Gasteiger charge is -2.13. The molecular formula is C19H17FINO5. The van der Waals surface area contributed by atoms with Gasteiger partial charge in [-0.3, -0.25) is 9.59 Å². The zero-order valence-electron chi connectivity index (χ0n) is 14.2. The fraction of sp³-hybridized carbons (Fsp3) is 0.263. The molecule has 0 saturated carbocycles. The van der Waals surface area contributed by atoms with E-state index in [-0.39, 0.29) is 30.5 Å². The summed E-state index contributed by atoms with van der Waals surface area (Å²) < 4.78 is 20.0. The monoisotopic (exact) mass is 485 g/mol. The molecule has 1 aliphatic heterocycles. The van der Waals surface area contributed by atoms with Gasteiger partial charge in [-0.2, -0.15) is 0 Å². The summed E-state index contributed by atoms with van der Waals surface area (Å²) in [6.07, 6.45) is -1.52. The summed E-state index contributed by atoms with van der Waals surface area (Å²) in [7, 11) is 0. The van der Waals surface area contributed by atoms with Crippen LogP contribution in [0.2, 0.25) is 0 Å². The molecule has 6 nitrogen and oxygen atoms in total. The van der Waals surface area contributed by atoms with E-state index in [1.165, 1.54) is 6.07 Å². The van der Waals surface area contributed by atoms with Crippen LogP contribution in [0.1, 0.15) is 37.4 Å². The van der Waals surface area contributed by atoms with Gasteiger partial charge >= 0.3 is 0 Å². The van der Waals surface area contributed by atoms with E-state index in [1.807, 2.05) is 22.6 Å². The molecule has 0 fully saturated rings. The molecule has 0 radical (unpaired) electrons. The van der Waals surface area contributed by atoms with Crippen LogP contribution < -0.4 is 5.32 Å². The molecule has 8 heteroatoms. The number of halogens is 2. The highest BCUT2D eigenvalue weighted by Gasteiger charge is 2.24. The Morgan fingerprint density at radius 3 is 2.74 bits per heavy atom. The largest absolute Gasteiger partial charge is 0.368 e. The summed E-state index contributed by atoms with van der Waals surface area (Å²) in [5.41, 5.74) is 2.42. The third-order valence-corrected chi connectivity index (χ3v) is 4.88. The van der Waals surface area contributed by atoms with Crippen LogP contribution in [0.3, 0.4) is 0 Å². The smallest absolute Gasteiger partial charge is 0.251 e. The van der Waals surface area contributed by atoms with E-state index >= 15 is 0 Å². The molecule has 1 amide bonds. The Morgan fingerprint density at radius 2 is 2.04 bits per heavy atom. The van der Waals surface area contributed by atoms with Gasteiger partial charge in [-0.15, -0.1) is 0 Å². The highest BCUT2D eigenvalue weighted by Crippen LogP contribution is 2.25. The minimum Gasteiger partial charge on any atom is -0.368 e. The molecule has 1 aliphatic rings. The Labute approximate surface area is 168 Å². The van der Waals surface area contributed by atoms with Crippen LogP contribution in [0.4, 0.5) is 4.39 Å². The lowest BCUT2D eigenvalue weighted by Crippen LogP contribution is -2.19. The van der Waals surface area contributed by atoms with E-state index in [0.29, 0.717) is 34.4 Å². The Balaban J connectivity index is 1.93. The van der Waals surface area contributed by atoms with Crippen LogP contribution in [0.25, 0.3) is 0 Å². The van der Waals surface area contributed by atoms with Crippen molar-refractivity contribution in [2.24, 2.45) is 0 Å². The molecule has 0 atom stereocenters. The number of hydrogen-bond donors (Lipinski definition) is 3. The van der Waals surface area contributed by atoms with E-state index in [4.69, 9.17) is 14.9 Å². The second-order valence-electron chi connectivity index (χ2n) is 6.18. The van der Waals surface area contributed by atoms with Crippen molar-refractivity contribution in [2.45, 2.75) is 19.3 Å². The summed E-state index contributed by atoms with van der Waals surface area (Å²) in [5, 5.41) is 20.3.